The first-order chi connectivity index (χ1) is 15.2. The van der Waals surface area contributed by atoms with Gasteiger partial charge in [-0.25, -0.2) is 0 Å². The summed E-state index contributed by atoms with van der Waals surface area (Å²) >= 11 is 0. The van der Waals surface area contributed by atoms with Crippen LogP contribution in [0.1, 0.15) is 23.3 Å². The molecule has 1 aliphatic carbocycles. The van der Waals surface area contributed by atoms with Crippen LogP contribution in [0.5, 0.6) is 0 Å². The van der Waals surface area contributed by atoms with E-state index >= 15 is 0 Å². The maximum Gasteiger partial charge on any atom is 0.238 e. The van der Waals surface area contributed by atoms with Crippen molar-refractivity contribution in [1.82, 2.24) is 4.90 Å². The number of hydrogen-bond acceptors (Lipinski definition) is 5. The lowest BCUT2D eigenvalue weighted by Gasteiger charge is -2.25. The minimum Gasteiger partial charge on any atom is -0.456 e. The maximum atomic E-state index is 13.0. The van der Waals surface area contributed by atoms with Gasteiger partial charge in [0.15, 0.2) is 5.43 Å². The molecule has 1 aromatic heterocycles. The van der Waals surface area contributed by atoms with E-state index in [4.69, 9.17) is 9.15 Å². The van der Waals surface area contributed by atoms with Crippen LogP contribution in [0.3, 0.4) is 0 Å². The molecule has 0 unspecified atom stereocenters. The van der Waals surface area contributed by atoms with Crippen LogP contribution in [0.25, 0.3) is 22.6 Å². The molecule has 1 N–H and O–H groups in total. The van der Waals surface area contributed by atoms with Crippen LogP contribution in [0.15, 0.2) is 57.7 Å². The second kappa shape index (κ2) is 8.49. The van der Waals surface area contributed by atoms with Crippen LogP contribution < -0.4 is 10.7 Å². The van der Waals surface area contributed by atoms with Crippen LogP contribution in [-0.4, -0.2) is 43.7 Å². The Morgan fingerprint density at radius 2 is 1.87 bits per heavy atom. The number of amides is 1. The highest BCUT2D eigenvalue weighted by atomic mass is 16.5. The van der Waals surface area contributed by atoms with Gasteiger partial charge in [-0.1, -0.05) is 30.3 Å². The fourth-order valence-electron chi connectivity index (χ4n) is 4.22. The summed E-state index contributed by atoms with van der Waals surface area (Å²) in [6.45, 7) is 3.13. The zero-order chi connectivity index (χ0) is 21.2. The fraction of sp³-hybridized carbons (Fsp3) is 0.280. The molecule has 1 amide bonds. The summed E-state index contributed by atoms with van der Waals surface area (Å²) in [7, 11) is 0. The van der Waals surface area contributed by atoms with E-state index in [-0.39, 0.29) is 11.3 Å². The van der Waals surface area contributed by atoms with Gasteiger partial charge in [-0.05, 0) is 42.2 Å². The fourth-order valence-corrected chi connectivity index (χ4v) is 4.22. The Balaban J connectivity index is 1.42. The predicted molar refractivity (Wildman–Crippen MR) is 121 cm³/mol. The van der Waals surface area contributed by atoms with E-state index in [2.05, 4.69) is 16.3 Å². The molecule has 2 heterocycles. The lowest BCUT2D eigenvalue weighted by atomic mass is 10.1. The van der Waals surface area contributed by atoms with E-state index in [1.54, 1.807) is 18.2 Å². The second-order valence-electron chi connectivity index (χ2n) is 7.97. The Morgan fingerprint density at radius 1 is 1.06 bits per heavy atom. The zero-order valence-corrected chi connectivity index (χ0v) is 17.2. The number of carbonyl (C=O) groups is 1. The number of anilines is 1. The third-order valence-corrected chi connectivity index (χ3v) is 5.82. The van der Waals surface area contributed by atoms with Gasteiger partial charge in [0.05, 0.1) is 25.1 Å². The molecule has 2 aromatic carbocycles. The van der Waals surface area contributed by atoms with Crippen LogP contribution in [0, 0.1) is 0 Å². The van der Waals surface area contributed by atoms with Crippen molar-refractivity contribution in [3.8, 4) is 0 Å². The molecule has 0 spiro atoms. The van der Waals surface area contributed by atoms with E-state index in [0.29, 0.717) is 48.6 Å². The summed E-state index contributed by atoms with van der Waals surface area (Å²) in [5.74, 6) is 0.576. The number of fused-ring (bicyclic) bond motifs is 2. The zero-order valence-electron chi connectivity index (χ0n) is 17.2. The van der Waals surface area contributed by atoms with Crippen molar-refractivity contribution >= 4 is 34.2 Å². The van der Waals surface area contributed by atoms with Gasteiger partial charge < -0.3 is 14.5 Å². The van der Waals surface area contributed by atoms with Crippen LogP contribution >= 0.6 is 0 Å². The topological polar surface area (TPSA) is 71.8 Å². The van der Waals surface area contributed by atoms with Gasteiger partial charge in [0, 0.05) is 30.4 Å². The lowest BCUT2D eigenvalue weighted by molar-refractivity contribution is -0.118. The highest BCUT2D eigenvalue weighted by Crippen LogP contribution is 2.34. The molecule has 1 fully saturated rings. The second-order valence-corrected chi connectivity index (χ2v) is 7.97. The Labute approximate surface area is 180 Å². The summed E-state index contributed by atoms with van der Waals surface area (Å²) in [6, 6.07) is 15.3. The molecule has 158 valence electrons. The Bertz CT molecular complexity index is 1210. The first-order valence-electron chi connectivity index (χ1n) is 10.6. The predicted octanol–water partition coefficient (Wildman–Crippen LogP) is 3.55. The normalized spacial score (nSPS) is 17.7. The van der Waals surface area contributed by atoms with Crippen molar-refractivity contribution < 1.29 is 13.9 Å². The summed E-state index contributed by atoms with van der Waals surface area (Å²) in [5.41, 5.74) is 3.98. The molecule has 0 saturated carbocycles. The number of nitrogens with zero attached hydrogens (tertiary/aromatic N) is 1. The van der Waals surface area contributed by atoms with E-state index in [1.807, 2.05) is 30.3 Å². The monoisotopic (exact) mass is 416 g/mol. The first kappa shape index (κ1) is 19.7. The number of ether oxygens (including phenoxy) is 1. The van der Waals surface area contributed by atoms with Crippen molar-refractivity contribution in [3.05, 3.63) is 75.6 Å². The summed E-state index contributed by atoms with van der Waals surface area (Å²) < 4.78 is 11.5. The average Bonchev–Trinajstić information content (AvgIpc) is 3.18. The number of nitrogens with one attached hydrogen (secondary N) is 1. The van der Waals surface area contributed by atoms with Crippen molar-refractivity contribution in [2.45, 2.75) is 12.8 Å². The van der Waals surface area contributed by atoms with E-state index in [1.165, 1.54) is 0 Å². The largest absolute Gasteiger partial charge is 0.456 e. The van der Waals surface area contributed by atoms with Gasteiger partial charge in [0.1, 0.15) is 11.3 Å². The molecular formula is C25H24N2O4. The van der Waals surface area contributed by atoms with Crippen molar-refractivity contribution in [2.24, 2.45) is 0 Å². The van der Waals surface area contributed by atoms with Gasteiger partial charge in [-0.2, -0.15) is 0 Å². The summed E-state index contributed by atoms with van der Waals surface area (Å²) in [4.78, 5) is 27.5. The van der Waals surface area contributed by atoms with Gasteiger partial charge in [0.2, 0.25) is 5.91 Å². The number of carbonyl (C=O) groups excluding carboxylic acids is 1. The average molecular weight is 416 g/mol. The molecule has 6 heteroatoms. The van der Waals surface area contributed by atoms with Crippen molar-refractivity contribution in [3.63, 3.8) is 0 Å². The standard InChI is InChI=1S/C25H24N2O4/c28-23(16-27-10-12-30-13-11-27)26-19-7-9-20-22(15-19)31-25-18(6-8-21(25)24(20)29)14-17-4-2-1-3-5-17/h1-5,7,9,14-15H,6,8,10-13,16H2,(H,26,28). The van der Waals surface area contributed by atoms with Gasteiger partial charge in [-0.3, -0.25) is 14.5 Å². The molecule has 1 aliphatic heterocycles. The van der Waals surface area contributed by atoms with Crippen LogP contribution in [0.2, 0.25) is 0 Å². The van der Waals surface area contributed by atoms with Crippen LogP contribution in [-0.2, 0) is 16.0 Å². The van der Waals surface area contributed by atoms with E-state index in [0.717, 1.165) is 36.2 Å². The van der Waals surface area contributed by atoms with Gasteiger partial charge in [0.25, 0.3) is 0 Å². The van der Waals surface area contributed by atoms with Crippen molar-refractivity contribution in [2.75, 3.05) is 38.2 Å². The number of morpholine rings is 1. The molecule has 0 radical (unpaired) electrons. The summed E-state index contributed by atoms with van der Waals surface area (Å²) in [5, 5.41) is 3.47. The third-order valence-electron chi connectivity index (χ3n) is 5.82. The number of rotatable bonds is 4. The Morgan fingerprint density at radius 3 is 2.68 bits per heavy atom. The Kier molecular flexibility index (Phi) is 5.40. The summed E-state index contributed by atoms with van der Waals surface area (Å²) in [6.07, 6.45) is 3.54. The van der Waals surface area contributed by atoms with E-state index in [9.17, 15) is 9.59 Å². The molecular weight excluding hydrogens is 392 g/mol. The smallest absolute Gasteiger partial charge is 0.238 e. The molecule has 2 aliphatic rings. The Hall–Kier alpha value is -3.22. The molecule has 6 nitrogen and oxygen atoms in total. The minimum atomic E-state index is -0.0885. The molecule has 0 atom stereocenters. The molecule has 0 bridgehead atoms. The quantitative estimate of drug-likeness (QED) is 0.704. The minimum absolute atomic E-state index is 0.0129. The van der Waals surface area contributed by atoms with Gasteiger partial charge in [-0.15, -0.1) is 0 Å². The first-order valence-corrected chi connectivity index (χ1v) is 10.6. The lowest BCUT2D eigenvalue weighted by Crippen LogP contribution is -2.41. The maximum absolute atomic E-state index is 13.0. The van der Waals surface area contributed by atoms with Crippen LogP contribution in [0.4, 0.5) is 5.69 Å². The van der Waals surface area contributed by atoms with Crippen molar-refractivity contribution in [1.29, 1.82) is 0 Å². The highest BCUT2D eigenvalue weighted by Gasteiger charge is 2.24. The third kappa shape index (κ3) is 4.17. The SMILES string of the molecule is O=C(CN1CCOCC1)Nc1ccc2c(=O)c3c(oc2c1)C(=Cc1ccccc1)CC3. The number of hydrogen-bond donors (Lipinski definition) is 1. The molecule has 3 aromatic rings. The number of allylic oxidation sites excluding steroid dienone is 1. The molecule has 5 rings (SSSR count). The van der Waals surface area contributed by atoms with E-state index < -0.39 is 0 Å². The number of benzene rings is 2. The van der Waals surface area contributed by atoms with Gasteiger partial charge >= 0.3 is 0 Å². The molecule has 31 heavy (non-hydrogen) atoms. The highest BCUT2D eigenvalue weighted by molar-refractivity contribution is 5.95. The molecule has 1 saturated heterocycles.